The van der Waals surface area contributed by atoms with E-state index in [1.807, 2.05) is 0 Å². The standard InChI is InChI=1S/C11H18O3/c1-6-9(11(2,3)4)10-7(13-6)5-8(12)14-10/h6-7,9-10H,5H2,1-4H3/t6?,7-,9+,10+/m0/s1. The third-order valence-electron chi connectivity index (χ3n) is 3.25. The van der Waals surface area contributed by atoms with Gasteiger partial charge in [0.2, 0.25) is 0 Å². The minimum atomic E-state index is -0.110. The fourth-order valence-corrected chi connectivity index (χ4v) is 2.81. The van der Waals surface area contributed by atoms with E-state index < -0.39 is 0 Å². The van der Waals surface area contributed by atoms with Gasteiger partial charge >= 0.3 is 5.97 Å². The largest absolute Gasteiger partial charge is 0.459 e. The van der Waals surface area contributed by atoms with E-state index in [0.717, 1.165) is 0 Å². The molecule has 0 bridgehead atoms. The molecule has 0 aromatic rings. The molecular weight excluding hydrogens is 180 g/mol. The molecule has 2 saturated heterocycles. The van der Waals surface area contributed by atoms with E-state index in [1.165, 1.54) is 0 Å². The van der Waals surface area contributed by atoms with Crippen molar-refractivity contribution in [1.82, 2.24) is 0 Å². The van der Waals surface area contributed by atoms with E-state index in [1.54, 1.807) is 0 Å². The molecular formula is C11H18O3. The van der Waals surface area contributed by atoms with Crippen molar-refractivity contribution in [2.45, 2.75) is 52.4 Å². The van der Waals surface area contributed by atoms with Crippen LogP contribution in [0.15, 0.2) is 0 Å². The second kappa shape index (κ2) is 2.96. The van der Waals surface area contributed by atoms with Crippen LogP contribution in [0.5, 0.6) is 0 Å². The van der Waals surface area contributed by atoms with Crippen LogP contribution in [0.25, 0.3) is 0 Å². The summed E-state index contributed by atoms with van der Waals surface area (Å²) in [6, 6.07) is 0. The predicted molar refractivity (Wildman–Crippen MR) is 51.8 cm³/mol. The third-order valence-corrected chi connectivity index (χ3v) is 3.25. The van der Waals surface area contributed by atoms with Gasteiger partial charge in [0.25, 0.3) is 0 Å². The molecule has 80 valence electrons. The first kappa shape index (κ1) is 9.97. The van der Waals surface area contributed by atoms with Gasteiger partial charge in [-0.2, -0.15) is 0 Å². The first-order valence-electron chi connectivity index (χ1n) is 5.24. The molecule has 0 aromatic heterocycles. The van der Waals surface area contributed by atoms with Crippen LogP contribution in [0.2, 0.25) is 0 Å². The Bertz CT molecular complexity index is 254. The summed E-state index contributed by atoms with van der Waals surface area (Å²) >= 11 is 0. The van der Waals surface area contributed by atoms with Crippen molar-refractivity contribution in [2.75, 3.05) is 0 Å². The molecule has 0 radical (unpaired) electrons. The van der Waals surface area contributed by atoms with Gasteiger partial charge in [-0.1, -0.05) is 20.8 Å². The molecule has 0 N–H and O–H groups in total. The molecule has 2 fully saturated rings. The smallest absolute Gasteiger partial charge is 0.308 e. The maximum Gasteiger partial charge on any atom is 0.308 e. The van der Waals surface area contributed by atoms with Gasteiger partial charge in [0.05, 0.1) is 12.5 Å². The first-order valence-corrected chi connectivity index (χ1v) is 5.24. The Morgan fingerprint density at radius 2 is 2.00 bits per heavy atom. The molecule has 0 aliphatic carbocycles. The minimum absolute atomic E-state index is 0.00160. The quantitative estimate of drug-likeness (QED) is 0.556. The lowest BCUT2D eigenvalue weighted by Gasteiger charge is -2.32. The molecule has 1 unspecified atom stereocenters. The predicted octanol–water partition coefficient (Wildman–Crippen LogP) is 1.75. The Morgan fingerprint density at radius 1 is 1.36 bits per heavy atom. The van der Waals surface area contributed by atoms with Crippen molar-refractivity contribution in [2.24, 2.45) is 11.3 Å². The fraction of sp³-hybridized carbons (Fsp3) is 0.909. The number of ether oxygens (including phenoxy) is 2. The zero-order valence-corrected chi connectivity index (χ0v) is 9.24. The van der Waals surface area contributed by atoms with Crippen molar-refractivity contribution in [1.29, 1.82) is 0 Å². The summed E-state index contributed by atoms with van der Waals surface area (Å²) in [5.74, 6) is 0.208. The number of hydrogen-bond acceptors (Lipinski definition) is 3. The van der Waals surface area contributed by atoms with Crippen LogP contribution in [-0.4, -0.2) is 24.3 Å². The monoisotopic (exact) mass is 198 g/mol. The number of rotatable bonds is 0. The Labute approximate surface area is 84.8 Å². The highest BCUT2D eigenvalue weighted by Crippen LogP contribution is 2.44. The van der Waals surface area contributed by atoms with Gasteiger partial charge in [-0.05, 0) is 12.3 Å². The van der Waals surface area contributed by atoms with E-state index in [2.05, 4.69) is 27.7 Å². The van der Waals surface area contributed by atoms with Gasteiger partial charge in [0.15, 0.2) is 0 Å². The van der Waals surface area contributed by atoms with Crippen molar-refractivity contribution >= 4 is 5.97 Å². The van der Waals surface area contributed by atoms with Gasteiger partial charge < -0.3 is 9.47 Å². The van der Waals surface area contributed by atoms with Crippen LogP contribution < -0.4 is 0 Å². The molecule has 0 amide bonds. The highest BCUT2D eigenvalue weighted by atomic mass is 16.6. The molecule has 4 atom stereocenters. The summed E-state index contributed by atoms with van der Waals surface area (Å²) in [6.07, 6.45) is 0.610. The highest BCUT2D eigenvalue weighted by molar-refractivity contribution is 5.72. The number of hydrogen-bond donors (Lipinski definition) is 0. The normalized spacial score (nSPS) is 42.4. The van der Waals surface area contributed by atoms with Gasteiger partial charge in [0, 0.05) is 5.92 Å². The lowest BCUT2D eigenvalue weighted by molar-refractivity contribution is -0.144. The summed E-state index contributed by atoms with van der Waals surface area (Å²) in [5.41, 5.74) is 0.128. The Kier molecular flexibility index (Phi) is 2.11. The number of carbonyl (C=O) groups is 1. The van der Waals surface area contributed by atoms with Gasteiger partial charge in [0.1, 0.15) is 12.2 Å². The average Bonchev–Trinajstić information content (AvgIpc) is 2.38. The second-order valence-corrected chi connectivity index (χ2v) is 5.43. The highest BCUT2D eigenvalue weighted by Gasteiger charge is 2.53. The van der Waals surface area contributed by atoms with E-state index >= 15 is 0 Å². The van der Waals surface area contributed by atoms with Crippen molar-refractivity contribution in [3.8, 4) is 0 Å². The summed E-state index contributed by atoms with van der Waals surface area (Å²) in [7, 11) is 0. The van der Waals surface area contributed by atoms with E-state index in [0.29, 0.717) is 12.3 Å². The number of esters is 1. The molecule has 0 saturated carbocycles. The maximum atomic E-state index is 11.1. The van der Waals surface area contributed by atoms with Crippen LogP contribution in [0.3, 0.4) is 0 Å². The van der Waals surface area contributed by atoms with Crippen LogP contribution in [0, 0.1) is 11.3 Å². The lowest BCUT2D eigenvalue weighted by Crippen LogP contribution is -2.36. The van der Waals surface area contributed by atoms with Gasteiger partial charge in [-0.25, -0.2) is 0 Å². The van der Waals surface area contributed by atoms with Crippen LogP contribution >= 0.6 is 0 Å². The molecule has 2 aliphatic heterocycles. The molecule has 2 aliphatic rings. The van der Waals surface area contributed by atoms with E-state index in [4.69, 9.17) is 9.47 Å². The molecule has 3 heteroatoms. The molecule has 2 heterocycles. The van der Waals surface area contributed by atoms with Crippen molar-refractivity contribution in [3.63, 3.8) is 0 Å². The summed E-state index contributed by atoms with van der Waals surface area (Å²) in [4.78, 5) is 11.1. The SMILES string of the molecule is CC1O[C@H]2CC(=O)O[C@H]2[C@@H]1C(C)(C)C. The molecule has 14 heavy (non-hydrogen) atoms. The molecule has 3 nitrogen and oxygen atoms in total. The first-order chi connectivity index (χ1) is 6.39. The molecule has 0 aromatic carbocycles. The Balaban J connectivity index is 2.20. The van der Waals surface area contributed by atoms with Crippen molar-refractivity contribution < 1.29 is 14.3 Å². The lowest BCUT2D eigenvalue weighted by atomic mass is 9.75. The fourth-order valence-electron chi connectivity index (χ4n) is 2.81. The minimum Gasteiger partial charge on any atom is -0.459 e. The zero-order chi connectivity index (χ0) is 10.5. The summed E-state index contributed by atoms with van der Waals surface area (Å²) < 4.78 is 11.1. The van der Waals surface area contributed by atoms with Crippen LogP contribution in [0.4, 0.5) is 0 Å². The molecule has 0 spiro atoms. The van der Waals surface area contributed by atoms with Crippen molar-refractivity contribution in [3.05, 3.63) is 0 Å². The Hall–Kier alpha value is -0.570. The summed E-state index contributed by atoms with van der Waals surface area (Å²) in [6.45, 7) is 8.59. The zero-order valence-electron chi connectivity index (χ0n) is 9.24. The topological polar surface area (TPSA) is 35.5 Å². The van der Waals surface area contributed by atoms with Gasteiger partial charge in [-0.15, -0.1) is 0 Å². The van der Waals surface area contributed by atoms with Gasteiger partial charge in [-0.3, -0.25) is 4.79 Å². The van der Waals surface area contributed by atoms with Crippen LogP contribution in [0.1, 0.15) is 34.1 Å². The third kappa shape index (κ3) is 1.44. The van der Waals surface area contributed by atoms with E-state index in [-0.39, 0.29) is 29.7 Å². The molecule has 2 rings (SSSR count). The number of carbonyl (C=O) groups excluding carboxylic acids is 1. The van der Waals surface area contributed by atoms with E-state index in [9.17, 15) is 4.79 Å². The summed E-state index contributed by atoms with van der Waals surface area (Å²) in [5, 5.41) is 0. The average molecular weight is 198 g/mol. The maximum absolute atomic E-state index is 11.1. The Morgan fingerprint density at radius 3 is 2.57 bits per heavy atom. The van der Waals surface area contributed by atoms with Crippen LogP contribution in [-0.2, 0) is 14.3 Å². The number of fused-ring (bicyclic) bond motifs is 1. The second-order valence-electron chi connectivity index (χ2n) is 5.43.